The van der Waals surface area contributed by atoms with E-state index >= 15 is 0 Å². The van der Waals surface area contributed by atoms with E-state index in [1.165, 1.54) is 38.3 Å². The monoisotopic (exact) mass is 627 g/mol. The summed E-state index contributed by atoms with van der Waals surface area (Å²) in [6.07, 6.45) is 4.49. The molecule has 11 nitrogen and oxygen atoms in total. The number of hydrogen-bond donors (Lipinski definition) is 2. The molecule has 0 saturated heterocycles. The van der Waals surface area contributed by atoms with Crippen LogP contribution in [0.15, 0.2) is 67.3 Å². The van der Waals surface area contributed by atoms with E-state index in [0.717, 1.165) is 35.4 Å². The van der Waals surface area contributed by atoms with E-state index in [9.17, 15) is 19.2 Å². The van der Waals surface area contributed by atoms with Crippen molar-refractivity contribution in [2.75, 3.05) is 0 Å². The van der Waals surface area contributed by atoms with Crippen molar-refractivity contribution in [3.63, 3.8) is 0 Å². The van der Waals surface area contributed by atoms with Crippen molar-refractivity contribution in [1.29, 1.82) is 0 Å². The highest BCUT2D eigenvalue weighted by atomic mass is 16.2. The van der Waals surface area contributed by atoms with Crippen molar-refractivity contribution >= 4 is 45.2 Å². The van der Waals surface area contributed by atoms with Crippen LogP contribution in [0.2, 0.25) is 0 Å². The molecule has 11 heteroatoms. The van der Waals surface area contributed by atoms with Crippen LogP contribution in [-0.4, -0.2) is 66.7 Å². The van der Waals surface area contributed by atoms with Gasteiger partial charge in [0, 0.05) is 27.5 Å². The van der Waals surface area contributed by atoms with Gasteiger partial charge < -0.3 is 0 Å². The number of carbonyl (C=O) groups is 4. The smallest absolute Gasteiger partial charge is 0.264 e. The zero-order chi connectivity index (χ0) is 32.6. The van der Waals surface area contributed by atoms with Gasteiger partial charge in [-0.2, -0.15) is 5.10 Å². The maximum Gasteiger partial charge on any atom is 0.264 e. The van der Waals surface area contributed by atoms with Crippen molar-refractivity contribution in [1.82, 2.24) is 35.2 Å². The van der Waals surface area contributed by atoms with Crippen LogP contribution < -0.4 is 10.6 Å². The van der Waals surface area contributed by atoms with Gasteiger partial charge in [0.25, 0.3) is 23.6 Å². The van der Waals surface area contributed by atoms with Gasteiger partial charge in [0.15, 0.2) is 0 Å². The SMILES string of the molecule is CCC(NC(C)N1C(=O)c2cccc3ccc(-n4cncn4)c(c23)C1=O)NC(C)N1C(=O)c2ccc3c4c(ccc(c24)C1=O)CCC3. The van der Waals surface area contributed by atoms with Crippen molar-refractivity contribution < 1.29 is 19.2 Å². The molecule has 1 aromatic heterocycles. The number of imide groups is 2. The van der Waals surface area contributed by atoms with Crippen LogP contribution in [0.5, 0.6) is 0 Å². The van der Waals surface area contributed by atoms with Gasteiger partial charge in [0.1, 0.15) is 12.7 Å². The Labute approximate surface area is 270 Å². The lowest BCUT2D eigenvalue weighted by Gasteiger charge is -2.38. The van der Waals surface area contributed by atoms with E-state index in [2.05, 4.69) is 20.7 Å². The number of carbonyl (C=O) groups excluding carboxylic acids is 4. The fraction of sp³-hybridized carbons (Fsp3) is 0.278. The van der Waals surface area contributed by atoms with Gasteiger partial charge in [-0.05, 0) is 85.7 Å². The number of aromatic nitrogens is 3. The Bertz CT molecular complexity index is 2100. The van der Waals surface area contributed by atoms with Crippen molar-refractivity contribution in [3.8, 4) is 5.69 Å². The fourth-order valence-corrected chi connectivity index (χ4v) is 7.58. The molecule has 8 rings (SSSR count). The first-order valence-corrected chi connectivity index (χ1v) is 16.0. The molecule has 4 aromatic carbocycles. The summed E-state index contributed by atoms with van der Waals surface area (Å²) >= 11 is 0. The standard InChI is InChI=1S/C36H33N7O4/c1-4-28(39-19(2)42-34(45)25-14-11-21-7-5-8-22-12-15-26(35(42)46)31(25)29(21)22)40-20(3)43-33(44)24-10-6-9-23-13-16-27(41-18-37-17-38-41)32(30(23)24)36(43)47/h6,9-20,28,39-40H,4-5,7-8H2,1-3H3. The van der Waals surface area contributed by atoms with E-state index < -0.39 is 30.3 Å². The molecule has 2 N–H and O–H groups in total. The zero-order valence-corrected chi connectivity index (χ0v) is 26.3. The minimum absolute atomic E-state index is 0.341. The van der Waals surface area contributed by atoms with Crippen molar-refractivity contribution in [2.24, 2.45) is 0 Å². The van der Waals surface area contributed by atoms with E-state index in [4.69, 9.17) is 0 Å². The average Bonchev–Trinajstić information content (AvgIpc) is 3.62. The molecule has 2 aliphatic heterocycles. The molecule has 0 fully saturated rings. The van der Waals surface area contributed by atoms with Crippen LogP contribution >= 0.6 is 0 Å². The third kappa shape index (κ3) is 4.34. The quantitative estimate of drug-likeness (QED) is 0.189. The largest absolute Gasteiger partial charge is 0.282 e. The molecule has 236 valence electrons. The molecule has 3 heterocycles. The second-order valence-electron chi connectivity index (χ2n) is 12.5. The Balaban J connectivity index is 1.06. The van der Waals surface area contributed by atoms with Crippen LogP contribution in [0.25, 0.3) is 27.2 Å². The molecular formula is C36H33N7O4. The molecular weight excluding hydrogens is 594 g/mol. The highest BCUT2D eigenvalue weighted by Gasteiger charge is 2.40. The number of nitrogens with zero attached hydrogens (tertiary/aromatic N) is 5. The van der Waals surface area contributed by atoms with Crippen LogP contribution in [0.1, 0.15) is 86.2 Å². The maximum absolute atomic E-state index is 14.2. The minimum atomic E-state index is -0.739. The zero-order valence-electron chi connectivity index (χ0n) is 26.3. The summed E-state index contributed by atoms with van der Waals surface area (Å²) in [5.74, 6) is -1.55. The first-order valence-electron chi connectivity index (χ1n) is 16.0. The van der Waals surface area contributed by atoms with E-state index in [1.807, 2.05) is 43.3 Å². The predicted molar refractivity (Wildman–Crippen MR) is 175 cm³/mol. The first-order chi connectivity index (χ1) is 22.8. The third-order valence-electron chi connectivity index (χ3n) is 9.76. The van der Waals surface area contributed by atoms with Crippen LogP contribution in [0, 0.1) is 0 Å². The minimum Gasteiger partial charge on any atom is -0.282 e. The molecule has 5 aromatic rings. The van der Waals surface area contributed by atoms with Crippen LogP contribution in [-0.2, 0) is 12.8 Å². The second kappa shape index (κ2) is 10.9. The van der Waals surface area contributed by atoms with Crippen LogP contribution in [0.3, 0.4) is 0 Å². The van der Waals surface area contributed by atoms with E-state index in [0.29, 0.717) is 39.7 Å². The van der Waals surface area contributed by atoms with Gasteiger partial charge in [-0.1, -0.05) is 37.3 Å². The average molecular weight is 628 g/mol. The number of amides is 4. The second-order valence-corrected chi connectivity index (χ2v) is 12.5. The summed E-state index contributed by atoms with van der Waals surface area (Å²) < 4.78 is 1.52. The topological polar surface area (TPSA) is 130 Å². The Morgan fingerprint density at radius 2 is 1.34 bits per heavy atom. The van der Waals surface area contributed by atoms with E-state index in [1.54, 1.807) is 32.0 Å². The maximum atomic E-state index is 14.2. The summed E-state index contributed by atoms with van der Waals surface area (Å²) in [5.41, 5.74) is 4.76. The Morgan fingerprint density at radius 1 is 0.723 bits per heavy atom. The summed E-state index contributed by atoms with van der Waals surface area (Å²) in [5, 5.41) is 14.2. The van der Waals surface area contributed by atoms with Gasteiger partial charge in [-0.15, -0.1) is 0 Å². The van der Waals surface area contributed by atoms with Gasteiger partial charge in [0.05, 0.1) is 29.7 Å². The molecule has 1 aliphatic carbocycles. The number of hydrogen-bond acceptors (Lipinski definition) is 8. The number of aryl methyl sites for hydroxylation is 2. The highest BCUT2D eigenvalue weighted by molar-refractivity contribution is 6.27. The molecule has 47 heavy (non-hydrogen) atoms. The Hall–Kier alpha value is -5.26. The molecule has 3 unspecified atom stereocenters. The first kappa shape index (κ1) is 29.2. The lowest BCUT2D eigenvalue weighted by atomic mass is 9.83. The van der Waals surface area contributed by atoms with Gasteiger partial charge in [-0.25, -0.2) is 9.67 Å². The molecule has 0 saturated carbocycles. The molecule has 3 aliphatic rings. The van der Waals surface area contributed by atoms with Gasteiger partial charge >= 0.3 is 0 Å². The lowest BCUT2D eigenvalue weighted by Crippen LogP contribution is -2.61. The third-order valence-corrected chi connectivity index (χ3v) is 9.76. The Morgan fingerprint density at radius 3 is 1.94 bits per heavy atom. The van der Waals surface area contributed by atoms with Crippen molar-refractivity contribution in [2.45, 2.75) is 65.0 Å². The summed E-state index contributed by atoms with van der Waals surface area (Å²) in [4.78, 5) is 62.3. The van der Waals surface area contributed by atoms with E-state index in [-0.39, 0.29) is 11.8 Å². The predicted octanol–water partition coefficient (Wildman–Crippen LogP) is 4.56. The molecule has 4 amide bonds. The van der Waals surface area contributed by atoms with Crippen molar-refractivity contribution in [3.05, 3.63) is 101 Å². The van der Waals surface area contributed by atoms with Gasteiger partial charge in [0.2, 0.25) is 0 Å². The molecule has 3 atom stereocenters. The molecule has 0 radical (unpaired) electrons. The number of rotatable bonds is 8. The highest BCUT2D eigenvalue weighted by Crippen LogP contribution is 2.38. The molecule has 0 bridgehead atoms. The summed E-state index contributed by atoms with van der Waals surface area (Å²) in [6.45, 7) is 5.47. The number of nitrogens with one attached hydrogen (secondary N) is 2. The van der Waals surface area contributed by atoms with Crippen LogP contribution in [0.4, 0.5) is 0 Å². The summed E-state index contributed by atoms with van der Waals surface area (Å²) in [6, 6.07) is 16.8. The molecule has 0 spiro atoms. The van der Waals surface area contributed by atoms with Gasteiger partial charge in [-0.3, -0.25) is 39.6 Å². The Kier molecular flexibility index (Phi) is 6.78. The summed E-state index contributed by atoms with van der Waals surface area (Å²) in [7, 11) is 0. The fourth-order valence-electron chi connectivity index (χ4n) is 7.58. The number of benzene rings is 4. The lowest BCUT2D eigenvalue weighted by molar-refractivity contribution is 0.0473. The normalized spacial score (nSPS) is 17.5.